The number of nitrogens with one attached hydrogen (secondary N) is 1. The predicted octanol–water partition coefficient (Wildman–Crippen LogP) is -0.854. The number of hydrogen-bond donors (Lipinski definition) is 3. The summed E-state index contributed by atoms with van der Waals surface area (Å²) in [6.45, 7) is 1.65. The Morgan fingerprint density at radius 1 is 1.40 bits per heavy atom. The van der Waals surface area contributed by atoms with Crippen molar-refractivity contribution < 1.29 is 24.0 Å². The lowest BCUT2D eigenvalue weighted by Crippen LogP contribution is -2.41. The maximum atomic E-state index is 11.6. The maximum absolute atomic E-state index is 11.6. The first-order valence-electron chi connectivity index (χ1n) is 5.98. The Balaban J connectivity index is 2.41. The molecular formula is C11H16N4O5. The zero-order valence-corrected chi connectivity index (χ0v) is 11.0. The summed E-state index contributed by atoms with van der Waals surface area (Å²) in [7, 11) is 0. The lowest BCUT2D eigenvalue weighted by atomic mass is 10.1. The summed E-state index contributed by atoms with van der Waals surface area (Å²) in [4.78, 5) is 37.1. The van der Waals surface area contributed by atoms with Gasteiger partial charge in [0.15, 0.2) is 5.82 Å². The Hall–Kier alpha value is -2.45. The summed E-state index contributed by atoms with van der Waals surface area (Å²) >= 11 is 0. The van der Waals surface area contributed by atoms with E-state index in [1.54, 1.807) is 6.92 Å². The number of carboxylic acid groups (broad SMARTS) is 1. The van der Waals surface area contributed by atoms with Crippen molar-refractivity contribution in [3.05, 3.63) is 11.7 Å². The molecule has 0 bridgehead atoms. The van der Waals surface area contributed by atoms with Crippen LogP contribution in [0.25, 0.3) is 0 Å². The predicted molar refractivity (Wildman–Crippen MR) is 65.4 cm³/mol. The molecule has 1 unspecified atom stereocenters. The van der Waals surface area contributed by atoms with E-state index in [-0.39, 0.29) is 25.7 Å². The van der Waals surface area contributed by atoms with E-state index in [1.165, 1.54) is 0 Å². The maximum Gasteiger partial charge on any atom is 0.326 e. The van der Waals surface area contributed by atoms with E-state index in [4.69, 9.17) is 15.4 Å². The molecule has 2 amide bonds. The average molecular weight is 284 g/mol. The van der Waals surface area contributed by atoms with Crippen LogP contribution in [0.4, 0.5) is 0 Å². The summed E-state index contributed by atoms with van der Waals surface area (Å²) < 4.78 is 4.83. The molecule has 1 rings (SSSR count). The minimum Gasteiger partial charge on any atom is -0.480 e. The van der Waals surface area contributed by atoms with Crippen LogP contribution in [0.3, 0.4) is 0 Å². The second-order valence-electron chi connectivity index (χ2n) is 4.20. The van der Waals surface area contributed by atoms with Crippen molar-refractivity contribution in [2.75, 3.05) is 0 Å². The molecule has 110 valence electrons. The Morgan fingerprint density at radius 2 is 2.10 bits per heavy atom. The molecule has 0 aliphatic carbocycles. The molecule has 1 atom stereocenters. The molecule has 0 radical (unpaired) electrons. The number of aliphatic carboxylic acids is 1. The van der Waals surface area contributed by atoms with E-state index < -0.39 is 23.8 Å². The summed E-state index contributed by atoms with van der Waals surface area (Å²) in [5.74, 6) is -1.54. The van der Waals surface area contributed by atoms with Crippen LogP contribution in [0, 0.1) is 6.92 Å². The number of amides is 2. The molecule has 20 heavy (non-hydrogen) atoms. The van der Waals surface area contributed by atoms with Crippen molar-refractivity contribution in [3.8, 4) is 0 Å². The molecule has 0 aliphatic heterocycles. The molecular weight excluding hydrogens is 268 g/mol. The van der Waals surface area contributed by atoms with Gasteiger partial charge in [0.25, 0.3) is 0 Å². The number of carbonyl (C=O) groups excluding carboxylic acids is 2. The fraction of sp³-hybridized carbons (Fsp3) is 0.545. The van der Waals surface area contributed by atoms with Gasteiger partial charge in [-0.25, -0.2) is 4.79 Å². The highest BCUT2D eigenvalue weighted by molar-refractivity contribution is 5.84. The van der Waals surface area contributed by atoms with Gasteiger partial charge in [0.05, 0.1) is 0 Å². The SMILES string of the molecule is Cc1noc(CCC(=O)NC(CCC(N)=O)C(=O)O)n1. The first-order chi connectivity index (χ1) is 9.38. The first-order valence-corrected chi connectivity index (χ1v) is 5.98. The van der Waals surface area contributed by atoms with Crippen LogP contribution in [0.15, 0.2) is 4.52 Å². The lowest BCUT2D eigenvalue weighted by Gasteiger charge is -2.13. The normalized spacial score (nSPS) is 11.8. The molecule has 1 aromatic heterocycles. The van der Waals surface area contributed by atoms with Gasteiger partial charge >= 0.3 is 5.97 Å². The molecule has 0 fully saturated rings. The number of hydrogen-bond acceptors (Lipinski definition) is 6. The van der Waals surface area contributed by atoms with Crippen LogP contribution >= 0.6 is 0 Å². The highest BCUT2D eigenvalue weighted by Gasteiger charge is 2.20. The molecule has 9 nitrogen and oxygen atoms in total. The molecule has 0 saturated carbocycles. The van der Waals surface area contributed by atoms with E-state index in [9.17, 15) is 14.4 Å². The standard InChI is InChI=1S/C11H16N4O5/c1-6-13-10(20-15-6)5-4-9(17)14-7(11(18)19)2-3-8(12)16/h7H,2-5H2,1H3,(H2,12,16)(H,14,17)(H,18,19). The lowest BCUT2D eigenvalue weighted by molar-refractivity contribution is -0.142. The summed E-state index contributed by atoms with van der Waals surface area (Å²) in [6, 6.07) is -1.14. The van der Waals surface area contributed by atoms with Gasteiger partial charge in [-0.2, -0.15) is 4.98 Å². The first kappa shape index (κ1) is 15.6. The topological polar surface area (TPSA) is 148 Å². The smallest absolute Gasteiger partial charge is 0.326 e. The Bertz CT molecular complexity index is 499. The Morgan fingerprint density at radius 3 is 2.60 bits per heavy atom. The van der Waals surface area contributed by atoms with Crippen LogP contribution in [0.2, 0.25) is 0 Å². The Kier molecular flexibility index (Phi) is 5.63. The number of carboxylic acids is 1. The number of nitrogens with zero attached hydrogens (tertiary/aromatic N) is 2. The number of nitrogens with two attached hydrogens (primary N) is 1. The molecule has 0 aliphatic rings. The quantitative estimate of drug-likeness (QED) is 0.562. The monoisotopic (exact) mass is 284 g/mol. The second-order valence-corrected chi connectivity index (χ2v) is 4.20. The largest absolute Gasteiger partial charge is 0.480 e. The summed E-state index contributed by atoms with van der Waals surface area (Å²) in [5, 5.41) is 14.8. The number of aryl methyl sites for hydroxylation is 2. The number of primary amides is 1. The zero-order valence-electron chi connectivity index (χ0n) is 11.0. The third-order valence-electron chi connectivity index (χ3n) is 2.45. The summed E-state index contributed by atoms with van der Waals surface area (Å²) in [5.41, 5.74) is 4.94. The van der Waals surface area contributed by atoms with Crippen LogP contribution < -0.4 is 11.1 Å². The van der Waals surface area contributed by atoms with Crippen LogP contribution in [-0.4, -0.2) is 39.1 Å². The van der Waals surface area contributed by atoms with Crippen molar-refractivity contribution in [1.82, 2.24) is 15.5 Å². The average Bonchev–Trinajstić information content (AvgIpc) is 2.77. The zero-order chi connectivity index (χ0) is 15.1. The van der Waals surface area contributed by atoms with Gasteiger partial charge in [-0.15, -0.1) is 0 Å². The number of aromatic nitrogens is 2. The summed E-state index contributed by atoms with van der Waals surface area (Å²) in [6.07, 6.45) is 0.0764. The van der Waals surface area contributed by atoms with E-state index >= 15 is 0 Å². The Labute approximate surface area is 114 Å². The molecule has 0 aromatic carbocycles. The van der Waals surface area contributed by atoms with Gasteiger partial charge < -0.3 is 20.7 Å². The molecule has 0 saturated heterocycles. The van der Waals surface area contributed by atoms with Crippen LogP contribution in [0.1, 0.15) is 31.0 Å². The van der Waals surface area contributed by atoms with Crippen molar-refractivity contribution in [1.29, 1.82) is 0 Å². The molecule has 1 aromatic rings. The third-order valence-corrected chi connectivity index (χ3v) is 2.45. The minimum absolute atomic E-state index is 0.0159. The van der Waals surface area contributed by atoms with Crippen molar-refractivity contribution in [3.63, 3.8) is 0 Å². The van der Waals surface area contributed by atoms with E-state index in [1.807, 2.05) is 0 Å². The number of carbonyl (C=O) groups is 3. The molecule has 4 N–H and O–H groups in total. The highest BCUT2D eigenvalue weighted by atomic mass is 16.5. The van der Waals surface area contributed by atoms with Crippen molar-refractivity contribution in [2.24, 2.45) is 5.73 Å². The minimum atomic E-state index is -1.21. The van der Waals surface area contributed by atoms with Gasteiger partial charge in [0.1, 0.15) is 6.04 Å². The van der Waals surface area contributed by atoms with Crippen molar-refractivity contribution >= 4 is 17.8 Å². The van der Waals surface area contributed by atoms with Gasteiger partial charge in [0, 0.05) is 19.3 Å². The van der Waals surface area contributed by atoms with E-state index in [0.717, 1.165) is 0 Å². The van der Waals surface area contributed by atoms with Crippen LogP contribution in [0.5, 0.6) is 0 Å². The third kappa shape index (κ3) is 5.46. The number of rotatable bonds is 8. The van der Waals surface area contributed by atoms with Crippen molar-refractivity contribution in [2.45, 2.75) is 38.6 Å². The fourth-order valence-corrected chi connectivity index (χ4v) is 1.47. The second kappa shape index (κ2) is 7.22. The molecule has 9 heteroatoms. The van der Waals surface area contributed by atoms with Gasteiger partial charge in [-0.3, -0.25) is 9.59 Å². The van der Waals surface area contributed by atoms with E-state index in [2.05, 4.69) is 15.5 Å². The van der Waals surface area contributed by atoms with Gasteiger partial charge in [0.2, 0.25) is 17.7 Å². The fourth-order valence-electron chi connectivity index (χ4n) is 1.47. The van der Waals surface area contributed by atoms with Gasteiger partial charge in [-0.1, -0.05) is 5.16 Å². The van der Waals surface area contributed by atoms with Crippen LogP contribution in [-0.2, 0) is 20.8 Å². The molecule has 0 spiro atoms. The van der Waals surface area contributed by atoms with E-state index in [0.29, 0.717) is 11.7 Å². The highest BCUT2D eigenvalue weighted by Crippen LogP contribution is 2.02. The molecule has 1 heterocycles. The van der Waals surface area contributed by atoms with Gasteiger partial charge in [-0.05, 0) is 13.3 Å².